The zero-order valence-electron chi connectivity index (χ0n) is 14.4. The molecule has 2 rings (SSSR count). The molecule has 1 amide bonds. The van der Waals surface area contributed by atoms with E-state index < -0.39 is 17.6 Å². The van der Waals surface area contributed by atoms with Gasteiger partial charge in [-0.3, -0.25) is 9.59 Å². The van der Waals surface area contributed by atoms with E-state index in [-0.39, 0.29) is 29.2 Å². The molecule has 0 aromatic heterocycles. The van der Waals surface area contributed by atoms with E-state index in [2.05, 4.69) is 19.2 Å². The minimum absolute atomic E-state index is 0.0337. The fraction of sp³-hybridized carbons (Fsp3) is 0.556. The second-order valence-corrected chi connectivity index (χ2v) is 7.48. The molecule has 7 heteroatoms. The maximum atomic E-state index is 13.5. The monoisotopic (exact) mass is 371 g/mol. The standard InChI is InChI=1S/C18H23F2NO3S/c1-11-4-3-5-15(12(11)2)21-17(22)9-24-18(23)10-25-16-8-13(19)6-7-14(16)20/h6-8,11-12,15H,3-5,9-10H2,1-2H3,(H,21,22)/t11-,12-,15+/m1/s1. The Kier molecular flexibility index (Phi) is 7.23. The van der Waals surface area contributed by atoms with Crippen molar-refractivity contribution in [1.82, 2.24) is 5.32 Å². The fourth-order valence-electron chi connectivity index (χ4n) is 2.95. The number of amides is 1. The Morgan fingerprint density at radius 1 is 1.28 bits per heavy atom. The number of carbonyl (C=O) groups is 2. The quantitative estimate of drug-likeness (QED) is 0.614. The molecule has 4 nitrogen and oxygen atoms in total. The Labute approximate surface area is 150 Å². The predicted molar refractivity (Wildman–Crippen MR) is 92.2 cm³/mol. The predicted octanol–water partition coefficient (Wildman–Crippen LogP) is 3.54. The number of nitrogens with one attached hydrogen (secondary N) is 1. The Hall–Kier alpha value is -1.63. The second kappa shape index (κ2) is 9.17. The Bertz CT molecular complexity index is 626. The van der Waals surface area contributed by atoms with Crippen molar-refractivity contribution in [1.29, 1.82) is 0 Å². The zero-order valence-corrected chi connectivity index (χ0v) is 15.2. The van der Waals surface area contributed by atoms with Gasteiger partial charge in [-0.05, 0) is 36.5 Å². The normalized spacial score (nSPS) is 23.1. The first-order valence-corrected chi connectivity index (χ1v) is 9.38. The lowest BCUT2D eigenvalue weighted by Gasteiger charge is -2.34. The van der Waals surface area contributed by atoms with Gasteiger partial charge in [-0.1, -0.05) is 26.7 Å². The van der Waals surface area contributed by atoms with Crippen LogP contribution >= 0.6 is 11.8 Å². The molecule has 1 aliphatic carbocycles. The lowest BCUT2D eigenvalue weighted by molar-refractivity contribution is -0.146. The molecule has 0 radical (unpaired) electrons. The van der Waals surface area contributed by atoms with Crippen LogP contribution in [0.15, 0.2) is 23.1 Å². The molecule has 25 heavy (non-hydrogen) atoms. The van der Waals surface area contributed by atoms with Gasteiger partial charge in [0.25, 0.3) is 5.91 Å². The summed E-state index contributed by atoms with van der Waals surface area (Å²) in [5.41, 5.74) is 0. The number of thioether (sulfide) groups is 1. The molecule has 1 aliphatic rings. The van der Waals surface area contributed by atoms with Crippen LogP contribution in [-0.2, 0) is 14.3 Å². The van der Waals surface area contributed by atoms with Crippen LogP contribution < -0.4 is 5.32 Å². The summed E-state index contributed by atoms with van der Waals surface area (Å²) in [6, 6.07) is 3.13. The summed E-state index contributed by atoms with van der Waals surface area (Å²) >= 11 is 0.836. The number of rotatable bonds is 6. The lowest BCUT2D eigenvalue weighted by atomic mass is 9.78. The molecular weight excluding hydrogens is 348 g/mol. The summed E-state index contributed by atoms with van der Waals surface area (Å²) in [6.07, 6.45) is 3.17. The largest absolute Gasteiger partial charge is 0.455 e. The number of esters is 1. The van der Waals surface area contributed by atoms with Crippen molar-refractivity contribution in [2.75, 3.05) is 12.4 Å². The van der Waals surface area contributed by atoms with Crippen LogP contribution in [0.3, 0.4) is 0 Å². The van der Waals surface area contributed by atoms with Gasteiger partial charge < -0.3 is 10.1 Å². The number of hydrogen-bond donors (Lipinski definition) is 1. The summed E-state index contributed by atoms with van der Waals surface area (Å²) in [7, 11) is 0. The van der Waals surface area contributed by atoms with Gasteiger partial charge in [-0.15, -0.1) is 11.8 Å². The fourth-order valence-corrected chi connectivity index (χ4v) is 3.70. The van der Waals surface area contributed by atoms with Crippen LogP contribution in [0.25, 0.3) is 0 Å². The van der Waals surface area contributed by atoms with Gasteiger partial charge in [0.1, 0.15) is 11.6 Å². The third-order valence-corrected chi connectivity index (χ3v) is 5.66. The summed E-state index contributed by atoms with van der Waals surface area (Å²) < 4.78 is 31.4. The van der Waals surface area contributed by atoms with E-state index in [9.17, 15) is 18.4 Å². The van der Waals surface area contributed by atoms with E-state index >= 15 is 0 Å². The summed E-state index contributed by atoms with van der Waals surface area (Å²) in [5.74, 6) is -1.40. The third-order valence-electron chi connectivity index (χ3n) is 4.66. The highest BCUT2D eigenvalue weighted by Crippen LogP contribution is 2.29. The van der Waals surface area contributed by atoms with Gasteiger partial charge in [0.2, 0.25) is 0 Å². The van der Waals surface area contributed by atoms with Crippen molar-refractivity contribution >= 4 is 23.6 Å². The number of ether oxygens (including phenoxy) is 1. The van der Waals surface area contributed by atoms with Crippen molar-refractivity contribution in [2.24, 2.45) is 11.8 Å². The number of benzene rings is 1. The van der Waals surface area contributed by atoms with Gasteiger partial charge in [-0.25, -0.2) is 8.78 Å². The maximum Gasteiger partial charge on any atom is 0.316 e. The average molecular weight is 371 g/mol. The first-order valence-electron chi connectivity index (χ1n) is 8.39. The van der Waals surface area contributed by atoms with Crippen LogP contribution in [0.4, 0.5) is 8.78 Å². The molecule has 138 valence electrons. The summed E-state index contributed by atoms with van der Waals surface area (Å²) in [4.78, 5) is 23.7. The minimum atomic E-state index is -0.645. The van der Waals surface area contributed by atoms with Gasteiger partial charge >= 0.3 is 5.97 Å². The van der Waals surface area contributed by atoms with Crippen LogP contribution in [0.2, 0.25) is 0 Å². The van der Waals surface area contributed by atoms with Crippen molar-refractivity contribution < 1.29 is 23.1 Å². The Morgan fingerprint density at radius 2 is 2.04 bits per heavy atom. The highest BCUT2D eigenvalue weighted by Gasteiger charge is 2.28. The van der Waals surface area contributed by atoms with Crippen molar-refractivity contribution in [3.63, 3.8) is 0 Å². The van der Waals surface area contributed by atoms with Crippen LogP contribution in [0.5, 0.6) is 0 Å². The van der Waals surface area contributed by atoms with Gasteiger partial charge in [0.05, 0.1) is 5.75 Å². The van der Waals surface area contributed by atoms with Crippen LogP contribution in [-0.4, -0.2) is 30.3 Å². The molecular formula is C18H23F2NO3S. The van der Waals surface area contributed by atoms with Crippen molar-refractivity contribution in [3.05, 3.63) is 29.8 Å². The molecule has 1 saturated carbocycles. The molecule has 0 bridgehead atoms. The first kappa shape index (κ1) is 19.7. The smallest absolute Gasteiger partial charge is 0.316 e. The highest BCUT2D eigenvalue weighted by molar-refractivity contribution is 8.00. The van der Waals surface area contributed by atoms with E-state index in [1.54, 1.807) is 0 Å². The topological polar surface area (TPSA) is 55.4 Å². The SMILES string of the molecule is C[C@@H]1[C@H](C)CCC[C@@H]1NC(=O)COC(=O)CSc1cc(F)ccc1F. The second-order valence-electron chi connectivity index (χ2n) is 6.47. The van der Waals surface area contributed by atoms with Crippen LogP contribution in [0, 0.1) is 23.5 Å². The molecule has 0 spiro atoms. The molecule has 1 fully saturated rings. The molecule has 0 saturated heterocycles. The molecule has 0 heterocycles. The summed E-state index contributed by atoms with van der Waals surface area (Å²) in [6.45, 7) is 3.93. The number of halogens is 2. The van der Waals surface area contributed by atoms with Gasteiger partial charge in [0, 0.05) is 10.9 Å². The molecule has 1 aromatic rings. The van der Waals surface area contributed by atoms with E-state index in [1.165, 1.54) is 0 Å². The first-order chi connectivity index (χ1) is 11.9. The maximum absolute atomic E-state index is 13.5. The van der Waals surface area contributed by atoms with Crippen molar-refractivity contribution in [2.45, 2.75) is 44.0 Å². The lowest BCUT2D eigenvalue weighted by Crippen LogP contribution is -2.45. The molecule has 1 aromatic carbocycles. The Morgan fingerprint density at radius 3 is 2.80 bits per heavy atom. The molecule has 0 unspecified atom stereocenters. The summed E-state index contributed by atoms with van der Waals surface area (Å²) in [5, 5.41) is 2.91. The van der Waals surface area contributed by atoms with Gasteiger partial charge in [0.15, 0.2) is 6.61 Å². The zero-order chi connectivity index (χ0) is 18.4. The Balaban J connectivity index is 1.72. The van der Waals surface area contributed by atoms with E-state index in [0.717, 1.165) is 49.2 Å². The van der Waals surface area contributed by atoms with Crippen LogP contribution in [0.1, 0.15) is 33.1 Å². The van der Waals surface area contributed by atoms with E-state index in [0.29, 0.717) is 11.8 Å². The molecule has 0 aliphatic heterocycles. The van der Waals surface area contributed by atoms with Crippen molar-refractivity contribution in [3.8, 4) is 0 Å². The minimum Gasteiger partial charge on any atom is -0.455 e. The molecule has 3 atom stereocenters. The van der Waals surface area contributed by atoms with Gasteiger partial charge in [-0.2, -0.15) is 0 Å². The number of carbonyl (C=O) groups excluding carboxylic acids is 2. The number of hydrogen-bond acceptors (Lipinski definition) is 4. The third kappa shape index (κ3) is 5.99. The highest BCUT2D eigenvalue weighted by atomic mass is 32.2. The average Bonchev–Trinajstić information content (AvgIpc) is 2.58. The van der Waals surface area contributed by atoms with E-state index in [1.807, 2.05) is 0 Å². The molecule has 1 N–H and O–H groups in total. The van der Waals surface area contributed by atoms with E-state index in [4.69, 9.17) is 4.74 Å².